The second kappa shape index (κ2) is 7.52. The van der Waals surface area contributed by atoms with Crippen LogP contribution in [0.15, 0.2) is 48.5 Å². The first-order valence-corrected chi connectivity index (χ1v) is 8.66. The van der Waals surface area contributed by atoms with Crippen LogP contribution < -0.4 is 0 Å². The van der Waals surface area contributed by atoms with Gasteiger partial charge >= 0.3 is 0 Å². The molecule has 0 aromatic heterocycles. The molecule has 2 aromatic rings. The van der Waals surface area contributed by atoms with Crippen LogP contribution in [0.4, 0.5) is 0 Å². The fourth-order valence-electron chi connectivity index (χ4n) is 2.54. The van der Waals surface area contributed by atoms with Gasteiger partial charge < -0.3 is 10.2 Å². The van der Waals surface area contributed by atoms with E-state index in [2.05, 4.69) is 0 Å². The van der Waals surface area contributed by atoms with E-state index in [9.17, 15) is 19.8 Å². The van der Waals surface area contributed by atoms with E-state index in [-0.39, 0.29) is 18.0 Å². The van der Waals surface area contributed by atoms with Crippen molar-refractivity contribution in [3.8, 4) is 0 Å². The maximum atomic E-state index is 12.0. The minimum atomic E-state index is -1.38. The Balaban J connectivity index is 2.03. The third-order valence-electron chi connectivity index (χ3n) is 4.25. The molecule has 0 amide bonds. The monoisotopic (exact) mass is 354 g/mol. The highest BCUT2D eigenvalue weighted by Gasteiger charge is 2.25. The van der Waals surface area contributed by atoms with Gasteiger partial charge in [-0.15, -0.1) is 0 Å². The Morgan fingerprint density at radius 3 is 1.58 bits per heavy atom. The maximum absolute atomic E-state index is 12.0. The molecule has 2 N–H and O–H groups in total. The summed E-state index contributed by atoms with van der Waals surface area (Å²) in [6, 6.07) is 14.9. The van der Waals surface area contributed by atoms with Crippen LogP contribution in [0.1, 0.15) is 54.7 Å². The molecule has 0 atom stereocenters. The predicted molar refractivity (Wildman–Crippen MR) is 101 cm³/mol. The number of carbonyl (C=O) groups is 2. The number of rotatable bonds is 7. The molecular formula is C22H26O4. The highest BCUT2D eigenvalue weighted by atomic mass is 16.3. The molecule has 0 aliphatic heterocycles. The largest absolute Gasteiger partial charge is 0.383 e. The molecule has 4 nitrogen and oxygen atoms in total. The Kier molecular flexibility index (Phi) is 5.79. The minimum absolute atomic E-state index is 0.206. The summed E-state index contributed by atoms with van der Waals surface area (Å²) >= 11 is 0. The molecule has 0 aliphatic rings. The molecule has 0 bridgehead atoms. The first kappa shape index (κ1) is 20.0. The summed E-state index contributed by atoms with van der Waals surface area (Å²) in [5, 5.41) is 19.5. The van der Waals surface area contributed by atoms with Gasteiger partial charge in [0, 0.05) is 12.0 Å². The van der Waals surface area contributed by atoms with Crippen LogP contribution in [-0.2, 0) is 17.6 Å². The van der Waals surface area contributed by atoms with Gasteiger partial charge in [0.2, 0.25) is 0 Å². The topological polar surface area (TPSA) is 74.6 Å². The highest BCUT2D eigenvalue weighted by molar-refractivity contribution is 6.01. The van der Waals surface area contributed by atoms with Gasteiger partial charge in [0.05, 0.1) is 0 Å². The van der Waals surface area contributed by atoms with E-state index in [1.54, 1.807) is 12.1 Å². The first-order chi connectivity index (χ1) is 12.0. The molecule has 0 saturated heterocycles. The molecule has 0 fully saturated rings. The van der Waals surface area contributed by atoms with Gasteiger partial charge in [0.15, 0.2) is 11.6 Å². The second-order valence-corrected chi connectivity index (χ2v) is 7.74. The minimum Gasteiger partial charge on any atom is -0.383 e. The Hall–Kier alpha value is -2.30. The summed E-state index contributed by atoms with van der Waals surface area (Å²) < 4.78 is 0. The lowest BCUT2D eigenvalue weighted by molar-refractivity contribution is -0.133. The molecule has 0 radical (unpaired) electrons. The number of Topliss-reactive ketones (excluding diaryl/α,β-unsaturated/α-hetero) is 2. The van der Waals surface area contributed by atoms with Crippen LogP contribution >= 0.6 is 0 Å². The third kappa shape index (κ3) is 5.35. The van der Waals surface area contributed by atoms with Crippen molar-refractivity contribution in [2.24, 2.45) is 0 Å². The van der Waals surface area contributed by atoms with E-state index in [0.717, 1.165) is 16.7 Å². The molecule has 2 rings (SSSR count). The number of hydrogen-bond donors (Lipinski definition) is 2. The molecular weight excluding hydrogens is 328 g/mol. The van der Waals surface area contributed by atoms with Crippen molar-refractivity contribution in [1.29, 1.82) is 0 Å². The lowest BCUT2D eigenvalue weighted by Crippen LogP contribution is -2.32. The summed E-state index contributed by atoms with van der Waals surface area (Å²) in [5.74, 6) is -0.512. The Morgan fingerprint density at radius 2 is 1.15 bits per heavy atom. The van der Waals surface area contributed by atoms with Gasteiger partial charge in [-0.25, -0.2) is 0 Å². The van der Waals surface area contributed by atoms with Crippen LogP contribution in [0, 0.1) is 0 Å². The lowest BCUT2D eigenvalue weighted by Gasteiger charge is -2.16. The number of aliphatic hydroxyl groups is 2. The van der Waals surface area contributed by atoms with E-state index >= 15 is 0 Å². The summed E-state index contributed by atoms with van der Waals surface area (Å²) in [4.78, 5) is 23.9. The Bertz CT molecular complexity index is 773. The number of benzene rings is 2. The summed E-state index contributed by atoms with van der Waals surface area (Å²) in [6.07, 6.45) is 0.911. The van der Waals surface area contributed by atoms with Crippen LogP contribution in [0.2, 0.25) is 0 Å². The van der Waals surface area contributed by atoms with E-state index in [1.165, 1.54) is 27.7 Å². The van der Waals surface area contributed by atoms with Gasteiger partial charge in [-0.2, -0.15) is 0 Å². The third-order valence-corrected chi connectivity index (χ3v) is 4.25. The Labute approximate surface area is 154 Å². The quantitative estimate of drug-likeness (QED) is 0.749. The molecule has 4 heteroatoms. The molecule has 0 aliphatic carbocycles. The maximum Gasteiger partial charge on any atom is 0.193 e. The van der Waals surface area contributed by atoms with Crippen molar-refractivity contribution in [2.45, 2.75) is 51.7 Å². The molecule has 0 saturated carbocycles. The molecule has 2 aromatic carbocycles. The van der Waals surface area contributed by atoms with E-state index in [1.807, 2.05) is 36.4 Å². The van der Waals surface area contributed by atoms with Crippen molar-refractivity contribution < 1.29 is 19.8 Å². The zero-order chi connectivity index (χ0) is 19.5. The summed E-state index contributed by atoms with van der Waals surface area (Å²) in [6.45, 7) is 5.95. The molecule has 26 heavy (non-hydrogen) atoms. The molecule has 0 spiro atoms. The fraction of sp³-hybridized carbons (Fsp3) is 0.364. The average Bonchev–Trinajstić information content (AvgIpc) is 2.55. The van der Waals surface area contributed by atoms with Crippen molar-refractivity contribution in [1.82, 2.24) is 0 Å². The van der Waals surface area contributed by atoms with Crippen LogP contribution in [0.3, 0.4) is 0 Å². The number of carbonyl (C=O) groups excluding carboxylic acids is 2. The SMILES string of the molecule is CC(C)(O)C(=O)Cc1ccc(Cc2ccc(C(=O)C(C)(C)O)cc2)cc1. The Morgan fingerprint density at radius 1 is 0.731 bits per heavy atom. The molecule has 138 valence electrons. The van der Waals surface area contributed by atoms with Gasteiger partial charge in [0.1, 0.15) is 11.2 Å². The normalized spacial score (nSPS) is 12.1. The van der Waals surface area contributed by atoms with E-state index in [4.69, 9.17) is 0 Å². The smallest absolute Gasteiger partial charge is 0.193 e. The lowest BCUT2D eigenvalue weighted by atomic mass is 9.94. The highest BCUT2D eigenvalue weighted by Crippen LogP contribution is 2.17. The fourth-order valence-corrected chi connectivity index (χ4v) is 2.54. The van der Waals surface area contributed by atoms with Crippen molar-refractivity contribution in [3.63, 3.8) is 0 Å². The first-order valence-electron chi connectivity index (χ1n) is 8.66. The molecule has 0 unspecified atom stereocenters. The van der Waals surface area contributed by atoms with Crippen LogP contribution in [0.25, 0.3) is 0 Å². The van der Waals surface area contributed by atoms with Gasteiger partial charge in [-0.1, -0.05) is 48.5 Å². The summed E-state index contributed by atoms with van der Waals surface area (Å²) in [5.41, 5.74) is 0.802. The predicted octanol–water partition coefficient (Wildman–Crippen LogP) is 3.11. The standard InChI is InChI=1S/C22H26O4/c1-21(2,25)19(23)14-17-7-5-15(6-8-17)13-16-9-11-18(12-10-16)20(24)22(3,4)26/h5-12,25-26H,13-14H2,1-4H3. The average molecular weight is 354 g/mol. The van der Waals surface area contributed by atoms with Crippen molar-refractivity contribution >= 4 is 11.6 Å². The van der Waals surface area contributed by atoms with Crippen LogP contribution in [-0.4, -0.2) is 33.0 Å². The second-order valence-electron chi connectivity index (χ2n) is 7.74. The van der Waals surface area contributed by atoms with Gasteiger partial charge in [-0.05, 0) is 50.8 Å². The van der Waals surface area contributed by atoms with E-state index < -0.39 is 11.2 Å². The van der Waals surface area contributed by atoms with E-state index in [0.29, 0.717) is 12.0 Å². The zero-order valence-electron chi connectivity index (χ0n) is 15.7. The number of hydrogen-bond acceptors (Lipinski definition) is 4. The van der Waals surface area contributed by atoms with Crippen molar-refractivity contribution in [2.75, 3.05) is 0 Å². The molecule has 0 heterocycles. The van der Waals surface area contributed by atoms with Crippen LogP contribution in [0.5, 0.6) is 0 Å². The zero-order valence-corrected chi connectivity index (χ0v) is 15.7. The summed E-state index contributed by atoms with van der Waals surface area (Å²) in [7, 11) is 0. The number of ketones is 2. The van der Waals surface area contributed by atoms with Gasteiger partial charge in [-0.3, -0.25) is 9.59 Å². The van der Waals surface area contributed by atoms with Crippen molar-refractivity contribution in [3.05, 3.63) is 70.8 Å². The van der Waals surface area contributed by atoms with Gasteiger partial charge in [0.25, 0.3) is 0 Å².